The topological polar surface area (TPSA) is 33.1 Å². The summed E-state index contributed by atoms with van der Waals surface area (Å²) in [5, 5.41) is 14.6. The van der Waals surface area contributed by atoms with Crippen molar-refractivity contribution in [2.24, 2.45) is 0 Å². The van der Waals surface area contributed by atoms with E-state index in [1.54, 1.807) is 34.8 Å². The van der Waals surface area contributed by atoms with Crippen molar-refractivity contribution in [1.29, 1.82) is 0 Å². The first kappa shape index (κ1) is 11.4. The van der Waals surface area contributed by atoms with E-state index >= 15 is 0 Å². The fraction of sp³-hybridized carbons (Fsp3) is 0.0714. The maximum atomic E-state index is 9.49. The summed E-state index contributed by atoms with van der Waals surface area (Å²) in [5.41, 5.74) is 3.24. The van der Waals surface area contributed by atoms with Gasteiger partial charge in [-0.1, -0.05) is 12.1 Å². The van der Waals surface area contributed by atoms with Crippen LogP contribution >= 0.6 is 22.7 Å². The van der Waals surface area contributed by atoms with Gasteiger partial charge in [0.1, 0.15) is 10.8 Å². The highest BCUT2D eigenvalue weighted by molar-refractivity contribution is 7.15. The average Bonchev–Trinajstić information content (AvgIpc) is 2.97. The van der Waals surface area contributed by atoms with Crippen molar-refractivity contribution in [2.45, 2.75) is 6.92 Å². The predicted octanol–water partition coefficient (Wildman–Crippen LogP) is 4.55. The van der Waals surface area contributed by atoms with Gasteiger partial charge in [-0.25, -0.2) is 4.98 Å². The van der Waals surface area contributed by atoms with Gasteiger partial charge in [-0.3, -0.25) is 0 Å². The zero-order valence-electron chi connectivity index (χ0n) is 9.75. The number of phenolic OH excluding ortho intramolecular Hbond substituents is 1. The van der Waals surface area contributed by atoms with Gasteiger partial charge >= 0.3 is 0 Å². The fourth-order valence-electron chi connectivity index (χ4n) is 1.78. The van der Waals surface area contributed by atoms with Gasteiger partial charge in [0.25, 0.3) is 0 Å². The van der Waals surface area contributed by atoms with E-state index in [4.69, 9.17) is 0 Å². The van der Waals surface area contributed by atoms with Crippen LogP contribution in [-0.4, -0.2) is 10.1 Å². The van der Waals surface area contributed by atoms with Crippen molar-refractivity contribution in [3.63, 3.8) is 0 Å². The molecule has 3 rings (SSSR count). The van der Waals surface area contributed by atoms with Crippen molar-refractivity contribution in [2.75, 3.05) is 0 Å². The molecule has 2 aromatic heterocycles. The van der Waals surface area contributed by atoms with Gasteiger partial charge < -0.3 is 5.11 Å². The first-order valence-electron chi connectivity index (χ1n) is 5.53. The molecule has 1 aromatic carbocycles. The molecule has 0 radical (unpaired) electrons. The summed E-state index contributed by atoms with van der Waals surface area (Å²) in [4.78, 5) is 5.86. The third kappa shape index (κ3) is 2.05. The minimum atomic E-state index is 0.275. The van der Waals surface area contributed by atoms with Crippen molar-refractivity contribution in [3.8, 4) is 26.9 Å². The van der Waals surface area contributed by atoms with Crippen molar-refractivity contribution in [3.05, 3.63) is 46.7 Å². The van der Waals surface area contributed by atoms with Gasteiger partial charge in [0.15, 0.2) is 0 Å². The van der Waals surface area contributed by atoms with Gasteiger partial charge in [-0.05, 0) is 36.1 Å². The number of phenols is 1. The Bertz CT molecular complexity index is 684. The Labute approximate surface area is 113 Å². The summed E-state index contributed by atoms with van der Waals surface area (Å²) in [6.45, 7) is 2.10. The third-order valence-electron chi connectivity index (χ3n) is 2.69. The molecule has 90 valence electrons. The predicted molar refractivity (Wildman–Crippen MR) is 77.3 cm³/mol. The van der Waals surface area contributed by atoms with Crippen LogP contribution in [0, 0.1) is 6.92 Å². The lowest BCUT2D eigenvalue weighted by atomic mass is 10.2. The van der Waals surface area contributed by atoms with Crippen LogP contribution < -0.4 is 0 Å². The summed E-state index contributed by atoms with van der Waals surface area (Å²) >= 11 is 3.31. The fourth-order valence-corrected chi connectivity index (χ4v) is 3.55. The number of thiophene rings is 1. The van der Waals surface area contributed by atoms with Crippen LogP contribution in [0.15, 0.2) is 41.1 Å². The maximum Gasteiger partial charge on any atom is 0.124 e. The van der Waals surface area contributed by atoms with Crippen LogP contribution in [0.1, 0.15) is 5.56 Å². The normalized spacial score (nSPS) is 10.7. The average molecular weight is 273 g/mol. The molecule has 0 aliphatic heterocycles. The molecule has 0 bridgehead atoms. The molecule has 2 nitrogen and oxygen atoms in total. The number of benzene rings is 1. The van der Waals surface area contributed by atoms with Crippen LogP contribution in [0.3, 0.4) is 0 Å². The van der Waals surface area contributed by atoms with Crippen LogP contribution in [0.4, 0.5) is 0 Å². The Morgan fingerprint density at radius 1 is 1.17 bits per heavy atom. The quantitative estimate of drug-likeness (QED) is 0.743. The molecule has 0 fully saturated rings. The Morgan fingerprint density at radius 2 is 2.06 bits per heavy atom. The molecule has 0 spiro atoms. The number of aromatic nitrogens is 1. The van der Waals surface area contributed by atoms with E-state index in [9.17, 15) is 5.11 Å². The van der Waals surface area contributed by atoms with Crippen molar-refractivity contribution in [1.82, 2.24) is 4.98 Å². The molecule has 1 N–H and O–H groups in total. The second kappa shape index (κ2) is 4.55. The van der Waals surface area contributed by atoms with E-state index in [0.29, 0.717) is 0 Å². The number of nitrogens with zero attached hydrogens (tertiary/aromatic N) is 1. The van der Waals surface area contributed by atoms with Gasteiger partial charge in [0.2, 0.25) is 0 Å². The molecular formula is C14H11NOS2. The lowest BCUT2D eigenvalue weighted by Gasteiger charge is -1.97. The van der Waals surface area contributed by atoms with Crippen LogP contribution in [0.25, 0.3) is 21.1 Å². The van der Waals surface area contributed by atoms with Gasteiger partial charge in [0.05, 0.1) is 10.6 Å². The van der Waals surface area contributed by atoms with Gasteiger partial charge in [-0.2, -0.15) is 0 Å². The van der Waals surface area contributed by atoms with E-state index in [-0.39, 0.29) is 5.75 Å². The SMILES string of the molecule is Cc1ccsc1-c1csc(-c2cccc(O)c2)n1. The molecule has 0 saturated heterocycles. The molecule has 0 saturated carbocycles. The molecule has 0 amide bonds. The number of thiazole rings is 1. The summed E-state index contributed by atoms with van der Waals surface area (Å²) in [7, 11) is 0. The Hall–Kier alpha value is -1.65. The van der Waals surface area contributed by atoms with E-state index < -0.39 is 0 Å². The maximum absolute atomic E-state index is 9.49. The molecule has 3 aromatic rings. The minimum absolute atomic E-state index is 0.275. The summed E-state index contributed by atoms with van der Waals surface area (Å²) in [6, 6.07) is 9.31. The van der Waals surface area contributed by atoms with Crippen LogP contribution in [0.5, 0.6) is 5.75 Å². The van der Waals surface area contributed by atoms with Crippen molar-refractivity contribution >= 4 is 22.7 Å². The number of aryl methyl sites for hydroxylation is 1. The Balaban J connectivity index is 2.02. The monoisotopic (exact) mass is 273 g/mol. The van der Waals surface area contributed by atoms with E-state index in [0.717, 1.165) is 16.3 Å². The lowest BCUT2D eigenvalue weighted by molar-refractivity contribution is 0.475. The summed E-state index contributed by atoms with van der Waals surface area (Å²) in [6.07, 6.45) is 0. The molecule has 18 heavy (non-hydrogen) atoms. The number of aromatic hydroxyl groups is 1. The highest BCUT2D eigenvalue weighted by atomic mass is 32.1. The second-order valence-corrected chi connectivity index (χ2v) is 5.80. The highest BCUT2D eigenvalue weighted by Crippen LogP contribution is 2.34. The Kier molecular flexibility index (Phi) is 2.89. The second-order valence-electron chi connectivity index (χ2n) is 4.02. The third-order valence-corrected chi connectivity index (χ3v) is 4.62. The van der Waals surface area contributed by atoms with Crippen LogP contribution in [0.2, 0.25) is 0 Å². The molecule has 0 aliphatic rings. The molecule has 0 atom stereocenters. The largest absolute Gasteiger partial charge is 0.508 e. The summed E-state index contributed by atoms with van der Waals surface area (Å²) < 4.78 is 0. The molecule has 0 aliphatic carbocycles. The number of hydrogen-bond donors (Lipinski definition) is 1. The van der Waals surface area contributed by atoms with Crippen molar-refractivity contribution < 1.29 is 5.11 Å². The number of rotatable bonds is 2. The zero-order valence-corrected chi connectivity index (χ0v) is 11.4. The van der Waals surface area contributed by atoms with Gasteiger partial charge in [-0.15, -0.1) is 22.7 Å². The first-order valence-corrected chi connectivity index (χ1v) is 7.29. The standard InChI is InChI=1S/C14H11NOS2/c1-9-5-6-17-13(9)12-8-18-14(15-12)10-3-2-4-11(16)7-10/h2-8,16H,1H3. The van der Waals surface area contributed by atoms with Gasteiger partial charge in [0, 0.05) is 10.9 Å². The first-order chi connectivity index (χ1) is 8.74. The lowest BCUT2D eigenvalue weighted by Crippen LogP contribution is -1.78. The van der Waals surface area contributed by atoms with E-state index in [2.05, 4.69) is 28.7 Å². The molecule has 4 heteroatoms. The Morgan fingerprint density at radius 3 is 2.78 bits per heavy atom. The summed E-state index contributed by atoms with van der Waals surface area (Å²) in [5.74, 6) is 0.275. The highest BCUT2D eigenvalue weighted by Gasteiger charge is 2.09. The van der Waals surface area contributed by atoms with E-state index in [1.807, 2.05) is 12.1 Å². The smallest absolute Gasteiger partial charge is 0.124 e. The molecule has 2 heterocycles. The minimum Gasteiger partial charge on any atom is -0.508 e. The zero-order chi connectivity index (χ0) is 12.5. The van der Waals surface area contributed by atoms with Crippen LogP contribution in [-0.2, 0) is 0 Å². The molecular weight excluding hydrogens is 262 g/mol. The number of hydrogen-bond acceptors (Lipinski definition) is 4. The van der Waals surface area contributed by atoms with E-state index in [1.165, 1.54) is 10.4 Å². The molecule has 0 unspecified atom stereocenters.